The van der Waals surface area contributed by atoms with Crippen molar-refractivity contribution in [2.45, 2.75) is 4.21 Å². The fourth-order valence-corrected chi connectivity index (χ4v) is 3.13. The first-order valence-corrected chi connectivity index (χ1v) is 7.10. The van der Waals surface area contributed by atoms with Crippen LogP contribution in [0.25, 0.3) is 0 Å². The van der Waals surface area contributed by atoms with Crippen molar-refractivity contribution >= 4 is 28.9 Å². The van der Waals surface area contributed by atoms with Crippen molar-refractivity contribution < 1.29 is 13.9 Å². The normalized spacial score (nSPS) is 10.3. The molecule has 2 rings (SSSR count). The molecule has 0 aliphatic rings. The highest BCUT2D eigenvalue weighted by Gasteiger charge is 2.13. The number of thioether (sulfide) groups is 1. The van der Waals surface area contributed by atoms with Crippen molar-refractivity contribution in [1.29, 1.82) is 0 Å². The van der Waals surface area contributed by atoms with Crippen molar-refractivity contribution in [3.05, 3.63) is 47.1 Å². The second-order valence-corrected chi connectivity index (χ2v) is 5.71. The highest BCUT2D eigenvalue weighted by molar-refractivity contribution is 8.01. The van der Waals surface area contributed by atoms with E-state index < -0.39 is 5.82 Å². The zero-order valence-electron chi connectivity index (χ0n) is 9.68. The number of ether oxygens (including phenoxy) is 1. The summed E-state index contributed by atoms with van der Waals surface area (Å²) in [6.45, 7) is 0. The van der Waals surface area contributed by atoms with Crippen LogP contribution >= 0.6 is 23.1 Å². The van der Waals surface area contributed by atoms with E-state index in [1.54, 1.807) is 11.3 Å². The molecule has 2 aromatic rings. The fourth-order valence-electron chi connectivity index (χ4n) is 1.46. The lowest BCUT2D eigenvalue weighted by Gasteiger charge is -2.07. The molecule has 18 heavy (non-hydrogen) atoms. The van der Waals surface area contributed by atoms with Crippen LogP contribution in [0.1, 0.15) is 10.4 Å². The summed E-state index contributed by atoms with van der Waals surface area (Å²) < 4.78 is 19.3. The second kappa shape index (κ2) is 6.02. The molecule has 1 aromatic carbocycles. The van der Waals surface area contributed by atoms with Crippen molar-refractivity contribution in [3.8, 4) is 5.75 Å². The number of methoxy groups -OCH3 is 1. The van der Waals surface area contributed by atoms with E-state index in [0.717, 1.165) is 4.21 Å². The smallest absolute Gasteiger partial charge is 0.176 e. The maximum absolute atomic E-state index is 13.1. The molecule has 94 valence electrons. The first-order valence-electron chi connectivity index (χ1n) is 5.24. The van der Waals surface area contributed by atoms with Gasteiger partial charge in [0.1, 0.15) is 11.6 Å². The molecule has 2 nitrogen and oxygen atoms in total. The van der Waals surface area contributed by atoms with Crippen LogP contribution < -0.4 is 4.74 Å². The van der Waals surface area contributed by atoms with E-state index in [1.165, 1.54) is 37.1 Å². The van der Waals surface area contributed by atoms with Gasteiger partial charge in [0.2, 0.25) is 0 Å². The van der Waals surface area contributed by atoms with Gasteiger partial charge in [-0.2, -0.15) is 0 Å². The van der Waals surface area contributed by atoms with Gasteiger partial charge in [-0.3, -0.25) is 4.79 Å². The number of benzene rings is 1. The maximum Gasteiger partial charge on any atom is 0.176 e. The third kappa shape index (κ3) is 3.11. The minimum absolute atomic E-state index is 0.134. The van der Waals surface area contributed by atoms with Crippen LogP contribution in [-0.4, -0.2) is 18.6 Å². The zero-order valence-corrected chi connectivity index (χ0v) is 11.3. The van der Waals surface area contributed by atoms with Gasteiger partial charge >= 0.3 is 0 Å². The third-order valence-electron chi connectivity index (χ3n) is 2.30. The number of halogens is 1. The highest BCUT2D eigenvalue weighted by Crippen LogP contribution is 2.26. The molecule has 0 spiro atoms. The maximum atomic E-state index is 13.1. The number of rotatable bonds is 5. The highest BCUT2D eigenvalue weighted by atomic mass is 32.2. The number of Topliss-reactive ketones (excluding diaryl/α,β-unsaturated/α-hetero) is 1. The quantitative estimate of drug-likeness (QED) is 0.615. The van der Waals surface area contributed by atoms with Gasteiger partial charge < -0.3 is 4.74 Å². The number of hydrogen-bond donors (Lipinski definition) is 0. The molecule has 0 radical (unpaired) electrons. The number of carbonyl (C=O) groups excluding carboxylic acids is 1. The van der Waals surface area contributed by atoms with E-state index in [-0.39, 0.29) is 11.5 Å². The second-order valence-electron chi connectivity index (χ2n) is 3.49. The standard InChI is InChI=1S/C13H11FO2S2/c1-16-12-5-4-9(14)7-10(12)11(15)8-18-13-3-2-6-17-13/h2-7H,8H2,1H3. The fraction of sp³-hybridized carbons (Fsp3) is 0.154. The summed E-state index contributed by atoms with van der Waals surface area (Å²) in [7, 11) is 1.47. The Balaban J connectivity index is 2.10. The monoisotopic (exact) mass is 282 g/mol. The van der Waals surface area contributed by atoms with Crippen LogP contribution in [0.3, 0.4) is 0 Å². The molecule has 5 heteroatoms. The first kappa shape index (κ1) is 13.1. The molecule has 0 saturated carbocycles. The Morgan fingerprint density at radius 3 is 2.94 bits per heavy atom. The average Bonchev–Trinajstić information content (AvgIpc) is 2.89. The third-order valence-corrected chi connectivity index (χ3v) is 4.43. The van der Waals surface area contributed by atoms with Crippen LogP contribution in [0.2, 0.25) is 0 Å². The number of thiophene rings is 1. The Bertz CT molecular complexity index is 538. The van der Waals surface area contributed by atoms with E-state index in [2.05, 4.69) is 0 Å². The van der Waals surface area contributed by atoms with E-state index in [1.807, 2.05) is 17.5 Å². The molecule has 1 aromatic heterocycles. The van der Waals surface area contributed by atoms with Gasteiger partial charge in [-0.15, -0.1) is 23.1 Å². The Labute approximate surface area is 113 Å². The minimum Gasteiger partial charge on any atom is -0.496 e. The number of carbonyl (C=O) groups is 1. The van der Waals surface area contributed by atoms with Crippen LogP contribution in [0, 0.1) is 5.82 Å². The predicted octanol–water partition coefficient (Wildman–Crippen LogP) is 3.87. The minimum atomic E-state index is -0.430. The Kier molecular flexibility index (Phi) is 4.38. The lowest BCUT2D eigenvalue weighted by atomic mass is 10.1. The largest absolute Gasteiger partial charge is 0.496 e. The summed E-state index contributed by atoms with van der Waals surface area (Å²) >= 11 is 3.02. The van der Waals surface area contributed by atoms with E-state index in [9.17, 15) is 9.18 Å². The SMILES string of the molecule is COc1ccc(F)cc1C(=O)CSc1cccs1. The molecule has 0 unspecified atom stereocenters. The molecule has 0 saturated heterocycles. The molecular weight excluding hydrogens is 271 g/mol. The summed E-state index contributed by atoms with van der Waals surface area (Å²) in [5.41, 5.74) is 0.293. The van der Waals surface area contributed by atoms with Crippen molar-refractivity contribution in [3.63, 3.8) is 0 Å². The van der Waals surface area contributed by atoms with Crippen molar-refractivity contribution in [2.24, 2.45) is 0 Å². The Morgan fingerprint density at radius 2 is 2.28 bits per heavy atom. The van der Waals surface area contributed by atoms with Crippen LogP contribution in [0.15, 0.2) is 39.9 Å². The molecule has 0 bridgehead atoms. The molecule has 0 atom stereocenters. The van der Waals surface area contributed by atoms with Crippen LogP contribution in [0.5, 0.6) is 5.75 Å². The summed E-state index contributed by atoms with van der Waals surface area (Å²) in [5, 5.41) is 1.95. The van der Waals surface area contributed by atoms with Gasteiger partial charge in [-0.1, -0.05) is 6.07 Å². The van der Waals surface area contributed by atoms with Crippen molar-refractivity contribution in [2.75, 3.05) is 12.9 Å². The van der Waals surface area contributed by atoms with Crippen molar-refractivity contribution in [1.82, 2.24) is 0 Å². The van der Waals surface area contributed by atoms with Gasteiger partial charge in [0, 0.05) is 0 Å². The predicted molar refractivity (Wildman–Crippen MR) is 72.3 cm³/mol. The van der Waals surface area contributed by atoms with Gasteiger partial charge in [0.25, 0.3) is 0 Å². The Morgan fingerprint density at radius 1 is 1.44 bits per heavy atom. The summed E-state index contributed by atoms with van der Waals surface area (Å²) in [6.07, 6.45) is 0. The topological polar surface area (TPSA) is 26.3 Å². The van der Waals surface area contributed by atoms with E-state index in [0.29, 0.717) is 11.3 Å². The lowest BCUT2D eigenvalue weighted by Crippen LogP contribution is -2.05. The summed E-state index contributed by atoms with van der Waals surface area (Å²) in [5.74, 6) is 0.124. The van der Waals surface area contributed by atoms with Crippen LogP contribution in [-0.2, 0) is 0 Å². The molecule has 0 N–H and O–H groups in total. The molecule has 0 aliphatic carbocycles. The molecule has 0 aliphatic heterocycles. The average molecular weight is 282 g/mol. The van der Waals surface area contributed by atoms with Crippen LogP contribution in [0.4, 0.5) is 4.39 Å². The zero-order chi connectivity index (χ0) is 13.0. The lowest BCUT2D eigenvalue weighted by molar-refractivity contribution is 0.101. The number of hydrogen-bond acceptors (Lipinski definition) is 4. The molecule has 1 heterocycles. The Hall–Kier alpha value is -1.33. The molecule has 0 amide bonds. The summed E-state index contributed by atoms with van der Waals surface area (Å²) in [6, 6.07) is 7.85. The van der Waals surface area contributed by atoms with E-state index in [4.69, 9.17) is 4.74 Å². The van der Waals surface area contributed by atoms with Gasteiger partial charge in [-0.05, 0) is 29.6 Å². The number of ketones is 1. The van der Waals surface area contributed by atoms with Gasteiger partial charge in [-0.25, -0.2) is 4.39 Å². The van der Waals surface area contributed by atoms with Gasteiger partial charge in [0.15, 0.2) is 5.78 Å². The molecular formula is C13H11FO2S2. The summed E-state index contributed by atoms with van der Waals surface area (Å²) in [4.78, 5) is 12.0. The first-order chi connectivity index (χ1) is 8.70. The van der Waals surface area contributed by atoms with Gasteiger partial charge in [0.05, 0.1) is 22.6 Å². The molecule has 0 fully saturated rings. The van der Waals surface area contributed by atoms with E-state index >= 15 is 0 Å².